The first-order valence-electron chi connectivity index (χ1n) is 13.5. The van der Waals surface area contributed by atoms with E-state index in [4.69, 9.17) is 4.74 Å². The van der Waals surface area contributed by atoms with E-state index < -0.39 is 5.41 Å². The Morgan fingerprint density at radius 1 is 1.05 bits per heavy atom. The molecule has 2 aromatic carbocycles. The van der Waals surface area contributed by atoms with Crippen molar-refractivity contribution in [2.45, 2.75) is 37.5 Å². The van der Waals surface area contributed by atoms with Crippen LogP contribution < -0.4 is 20.3 Å². The number of fused-ring (bicyclic) bond motifs is 4. The van der Waals surface area contributed by atoms with Gasteiger partial charge in [0.1, 0.15) is 17.5 Å². The number of aromatic nitrogens is 2. The molecule has 0 radical (unpaired) electrons. The van der Waals surface area contributed by atoms with Gasteiger partial charge in [0.05, 0.1) is 12.5 Å². The van der Waals surface area contributed by atoms with Crippen LogP contribution in [0, 0.1) is 5.82 Å². The number of methoxy groups -OCH3 is 1. The van der Waals surface area contributed by atoms with Gasteiger partial charge in [-0.25, -0.2) is 9.37 Å². The second kappa shape index (κ2) is 8.86. The highest BCUT2D eigenvalue weighted by Gasteiger charge is 2.51. The zero-order valence-electron chi connectivity index (χ0n) is 22.9. The number of ether oxygens (including phenoxy) is 1. The van der Waals surface area contributed by atoms with Gasteiger partial charge in [-0.2, -0.15) is 4.98 Å². The van der Waals surface area contributed by atoms with Gasteiger partial charge in [-0.15, -0.1) is 0 Å². The Morgan fingerprint density at radius 2 is 1.88 bits per heavy atom. The Kier molecular flexibility index (Phi) is 5.44. The summed E-state index contributed by atoms with van der Waals surface area (Å²) in [6.45, 7) is 4.43. The minimum atomic E-state index is -0.652. The molecule has 2 N–H and O–H groups in total. The van der Waals surface area contributed by atoms with E-state index in [2.05, 4.69) is 20.6 Å². The Hall–Kier alpha value is -4.79. The van der Waals surface area contributed by atoms with Crippen LogP contribution in [0.2, 0.25) is 0 Å². The summed E-state index contributed by atoms with van der Waals surface area (Å²) in [5.41, 5.74) is 4.77. The van der Waals surface area contributed by atoms with E-state index >= 15 is 0 Å². The van der Waals surface area contributed by atoms with E-state index in [1.807, 2.05) is 44.2 Å². The van der Waals surface area contributed by atoms with E-state index in [0.29, 0.717) is 48.2 Å². The van der Waals surface area contributed by atoms with Crippen LogP contribution in [0.4, 0.5) is 27.4 Å². The maximum absolute atomic E-state index is 14.0. The molecule has 1 unspecified atom stereocenters. The summed E-state index contributed by atoms with van der Waals surface area (Å²) >= 11 is 0. The smallest absolute Gasteiger partial charge is 0.258 e. The van der Waals surface area contributed by atoms with Crippen molar-refractivity contribution in [3.05, 3.63) is 100 Å². The van der Waals surface area contributed by atoms with Crippen molar-refractivity contribution in [3.63, 3.8) is 0 Å². The van der Waals surface area contributed by atoms with Gasteiger partial charge >= 0.3 is 0 Å². The summed E-state index contributed by atoms with van der Waals surface area (Å²) in [5.74, 6) is 0.814. The van der Waals surface area contributed by atoms with Crippen molar-refractivity contribution in [1.82, 2.24) is 9.97 Å². The van der Waals surface area contributed by atoms with Crippen LogP contribution in [0.3, 0.4) is 0 Å². The van der Waals surface area contributed by atoms with Gasteiger partial charge in [0.15, 0.2) is 0 Å². The lowest BCUT2D eigenvalue weighted by Gasteiger charge is -2.21. The lowest BCUT2D eigenvalue weighted by molar-refractivity contribution is -0.120. The molecule has 0 saturated carbocycles. The zero-order chi connectivity index (χ0) is 28.5. The minimum absolute atomic E-state index is 0.0241. The molecule has 0 saturated heterocycles. The third kappa shape index (κ3) is 3.95. The molecule has 7 rings (SSSR count). The normalized spacial score (nSPS) is 19.5. The van der Waals surface area contributed by atoms with Crippen LogP contribution in [-0.4, -0.2) is 35.4 Å². The molecule has 4 heterocycles. The number of benzene rings is 2. The summed E-state index contributed by atoms with van der Waals surface area (Å²) in [6.07, 6.45) is 2.87. The maximum Gasteiger partial charge on any atom is 0.258 e. The topological polar surface area (TPSA) is 96.5 Å². The molecule has 2 amide bonds. The Bertz CT molecular complexity index is 1770. The fraction of sp³-hybridized carbons (Fsp3) is 0.250. The monoisotopic (exact) mass is 549 g/mol. The van der Waals surface area contributed by atoms with E-state index in [1.54, 1.807) is 29.3 Å². The Balaban J connectivity index is 1.17. The lowest BCUT2D eigenvalue weighted by Crippen LogP contribution is -2.35. The predicted molar refractivity (Wildman–Crippen MR) is 154 cm³/mol. The molecular weight excluding hydrogens is 521 g/mol. The minimum Gasteiger partial charge on any atom is -0.481 e. The first-order valence-corrected chi connectivity index (χ1v) is 13.5. The molecule has 41 heavy (non-hydrogen) atoms. The molecule has 9 heteroatoms. The highest BCUT2D eigenvalue weighted by atomic mass is 19.1. The van der Waals surface area contributed by atoms with E-state index in [0.717, 1.165) is 27.9 Å². The molecule has 3 aliphatic rings. The van der Waals surface area contributed by atoms with Gasteiger partial charge in [-0.3, -0.25) is 9.59 Å². The molecular formula is C32H28FN5O3. The highest BCUT2D eigenvalue weighted by molar-refractivity contribution is 6.08. The number of anilines is 4. The summed E-state index contributed by atoms with van der Waals surface area (Å²) in [4.78, 5) is 37.4. The molecule has 1 spiro atoms. The van der Waals surface area contributed by atoms with Crippen molar-refractivity contribution in [2.75, 3.05) is 29.2 Å². The first-order chi connectivity index (χ1) is 19.7. The number of nitrogens with zero attached hydrogens (tertiary/aromatic N) is 3. The van der Waals surface area contributed by atoms with Crippen LogP contribution >= 0.6 is 0 Å². The number of halogens is 1. The van der Waals surface area contributed by atoms with Crippen LogP contribution in [0.1, 0.15) is 46.5 Å². The second-order valence-electron chi connectivity index (χ2n) is 11.6. The average molecular weight is 550 g/mol. The third-order valence-electron chi connectivity index (χ3n) is 8.49. The summed E-state index contributed by atoms with van der Waals surface area (Å²) in [5, 5.41) is 6.26. The zero-order valence-corrected chi connectivity index (χ0v) is 22.9. The van der Waals surface area contributed by atoms with E-state index in [-0.39, 0.29) is 23.0 Å². The van der Waals surface area contributed by atoms with Crippen molar-refractivity contribution < 1.29 is 18.7 Å². The van der Waals surface area contributed by atoms with Crippen LogP contribution in [0.5, 0.6) is 5.88 Å². The average Bonchev–Trinajstić information content (AvgIpc) is 3.56. The van der Waals surface area contributed by atoms with Crippen LogP contribution in [-0.2, 0) is 28.5 Å². The molecule has 4 aromatic rings. The molecule has 1 aliphatic carbocycles. The Morgan fingerprint density at radius 3 is 2.71 bits per heavy atom. The number of hydrogen-bond donors (Lipinski definition) is 2. The fourth-order valence-electron chi connectivity index (χ4n) is 6.48. The molecule has 2 aromatic heterocycles. The van der Waals surface area contributed by atoms with E-state index in [1.165, 1.54) is 19.2 Å². The standard InChI is InChI=1S/C32H28FN5O3/c1-31(2)17-38(25-9-7-21(33)14-24(25)31)29(39)19-12-26(36-27(13-19)41-3)35-22-8-6-18-15-32(16-20(18)11-22)23-5-4-10-34-28(23)37-30(32)40/h4-14H,15-17H2,1-3H3,(H,35,36)(H,34,37,40). The van der Waals surface area contributed by atoms with Gasteiger partial charge in [-0.05, 0) is 72.0 Å². The van der Waals surface area contributed by atoms with Gasteiger partial charge in [0.25, 0.3) is 5.91 Å². The quantitative estimate of drug-likeness (QED) is 0.359. The molecule has 206 valence electrons. The number of hydrogen-bond acceptors (Lipinski definition) is 6. The first kappa shape index (κ1) is 25.2. The van der Waals surface area contributed by atoms with Crippen molar-refractivity contribution in [3.8, 4) is 5.88 Å². The van der Waals surface area contributed by atoms with Crippen LogP contribution in [0.25, 0.3) is 0 Å². The molecule has 0 fully saturated rings. The lowest BCUT2D eigenvalue weighted by atomic mass is 9.79. The number of pyridine rings is 2. The molecule has 1 atom stereocenters. The fourth-order valence-corrected chi connectivity index (χ4v) is 6.48. The number of amides is 2. The van der Waals surface area contributed by atoms with E-state index in [9.17, 15) is 14.0 Å². The van der Waals surface area contributed by atoms with Crippen molar-refractivity contribution in [1.29, 1.82) is 0 Å². The number of carbonyl (C=O) groups is 2. The molecule has 0 bridgehead atoms. The van der Waals surface area contributed by atoms with Gasteiger partial charge < -0.3 is 20.3 Å². The Labute approximate surface area is 236 Å². The number of nitrogens with one attached hydrogen (secondary N) is 2. The van der Waals surface area contributed by atoms with Crippen LogP contribution in [0.15, 0.2) is 66.9 Å². The summed E-state index contributed by atoms with van der Waals surface area (Å²) < 4.78 is 19.4. The molecule has 2 aliphatic heterocycles. The van der Waals surface area contributed by atoms with Crippen molar-refractivity contribution >= 4 is 34.8 Å². The van der Waals surface area contributed by atoms with Gasteiger partial charge in [-0.1, -0.05) is 26.0 Å². The van der Waals surface area contributed by atoms with Gasteiger partial charge in [0.2, 0.25) is 11.8 Å². The predicted octanol–water partition coefficient (Wildman–Crippen LogP) is 5.29. The third-order valence-corrected chi connectivity index (χ3v) is 8.49. The number of carbonyl (C=O) groups excluding carboxylic acids is 2. The summed E-state index contributed by atoms with van der Waals surface area (Å²) in [6, 6.07) is 17.7. The number of rotatable bonds is 4. The summed E-state index contributed by atoms with van der Waals surface area (Å²) in [7, 11) is 1.51. The van der Waals surface area contributed by atoms with Gasteiger partial charge in [0, 0.05) is 46.7 Å². The largest absolute Gasteiger partial charge is 0.481 e. The SMILES string of the molecule is COc1cc(C(=O)N2CC(C)(C)c3cc(F)ccc32)cc(Nc2ccc3c(c2)CC2(C3)C(=O)Nc3ncccc32)n1. The molecule has 8 nitrogen and oxygen atoms in total. The van der Waals surface area contributed by atoms with Crippen molar-refractivity contribution in [2.24, 2.45) is 0 Å². The second-order valence-corrected chi connectivity index (χ2v) is 11.6. The maximum atomic E-state index is 14.0. The highest BCUT2D eigenvalue weighted by Crippen LogP contribution is 2.47.